The molecule has 0 saturated carbocycles. The maximum Gasteiger partial charge on any atom is 0.220 e. The molecule has 0 aliphatic carbocycles. The number of carbonyl (C=O) groups is 1. The van der Waals surface area contributed by atoms with Crippen LogP contribution in [0.1, 0.15) is 194 Å². The van der Waals surface area contributed by atoms with Gasteiger partial charge < -0.3 is 15.5 Å². The van der Waals surface area contributed by atoms with Crippen molar-refractivity contribution in [3.63, 3.8) is 0 Å². The molecule has 0 aromatic carbocycles. The van der Waals surface area contributed by atoms with E-state index in [9.17, 15) is 15.0 Å². The first-order valence-corrected chi connectivity index (χ1v) is 17.9. The molecule has 0 heterocycles. The Bertz CT molecular complexity index is 536. The maximum atomic E-state index is 12.3. The number of rotatable bonds is 32. The molecule has 0 spiro atoms. The van der Waals surface area contributed by atoms with Gasteiger partial charge in [0.15, 0.2) is 0 Å². The number of allylic oxidation sites excluding steroid dienone is 1. The summed E-state index contributed by atoms with van der Waals surface area (Å²) < 4.78 is 0. The Morgan fingerprint density at radius 3 is 1.30 bits per heavy atom. The quantitative estimate of drug-likeness (QED) is 0.0561. The summed E-state index contributed by atoms with van der Waals surface area (Å²) in [6.45, 7) is 4.30. The Kier molecular flexibility index (Phi) is 31.9. The van der Waals surface area contributed by atoms with Gasteiger partial charge in [0.25, 0.3) is 0 Å². The minimum atomic E-state index is -0.831. The van der Waals surface area contributed by atoms with Crippen LogP contribution >= 0.6 is 0 Å². The zero-order valence-electron chi connectivity index (χ0n) is 27.1. The van der Waals surface area contributed by atoms with Crippen LogP contribution in [-0.4, -0.2) is 34.9 Å². The molecule has 0 aromatic heterocycles. The van der Waals surface area contributed by atoms with E-state index in [0.717, 1.165) is 25.7 Å². The van der Waals surface area contributed by atoms with Crippen LogP contribution < -0.4 is 5.32 Å². The molecule has 0 bridgehead atoms. The van der Waals surface area contributed by atoms with Gasteiger partial charge in [-0.05, 0) is 19.3 Å². The number of aliphatic hydroxyl groups is 2. The van der Waals surface area contributed by atoms with Gasteiger partial charge in [0.2, 0.25) is 5.91 Å². The molecule has 0 aliphatic rings. The van der Waals surface area contributed by atoms with E-state index >= 15 is 0 Å². The van der Waals surface area contributed by atoms with E-state index in [1.807, 2.05) is 6.08 Å². The van der Waals surface area contributed by atoms with Crippen LogP contribution in [0.15, 0.2) is 12.2 Å². The third kappa shape index (κ3) is 28.7. The molecule has 4 heteroatoms. The van der Waals surface area contributed by atoms with Crippen molar-refractivity contribution in [2.24, 2.45) is 0 Å². The average Bonchev–Trinajstić information content (AvgIpc) is 2.96. The van der Waals surface area contributed by atoms with Gasteiger partial charge in [-0.25, -0.2) is 0 Å². The summed E-state index contributed by atoms with van der Waals surface area (Å²) in [5.74, 6) is -0.0634. The molecule has 1 unspecified atom stereocenters. The van der Waals surface area contributed by atoms with Crippen LogP contribution in [0.2, 0.25) is 0 Å². The zero-order chi connectivity index (χ0) is 29.4. The van der Waals surface area contributed by atoms with E-state index in [-0.39, 0.29) is 12.5 Å². The molecule has 0 saturated heterocycles. The largest absolute Gasteiger partial charge is 0.394 e. The van der Waals surface area contributed by atoms with Gasteiger partial charge in [-0.15, -0.1) is 0 Å². The predicted octanol–water partition coefficient (Wildman–Crippen LogP) is 10.3. The molecular weight excluding hydrogens is 494 g/mol. The number of nitrogens with one attached hydrogen (secondary N) is 1. The summed E-state index contributed by atoms with van der Waals surface area (Å²) in [5.41, 5.74) is 0. The van der Waals surface area contributed by atoms with Crippen molar-refractivity contribution in [2.75, 3.05) is 6.61 Å². The lowest BCUT2D eigenvalue weighted by atomic mass is 10.0. The number of aliphatic hydroxyl groups excluding tert-OH is 2. The van der Waals surface area contributed by atoms with Crippen molar-refractivity contribution in [2.45, 2.75) is 206 Å². The fourth-order valence-corrected chi connectivity index (χ4v) is 5.47. The number of amides is 1. The third-order valence-corrected chi connectivity index (χ3v) is 8.27. The molecule has 4 nitrogen and oxygen atoms in total. The van der Waals surface area contributed by atoms with Gasteiger partial charge in [-0.3, -0.25) is 4.79 Å². The molecule has 0 fully saturated rings. The maximum absolute atomic E-state index is 12.3. The molecule has 0 aromatic rings. The molecule has 2 atom stereocenters. The van der Waals surface area contributed by atoms with Gasteiger partial charge >= 0.3 is 0 Å². The summed E-state index contributed by atoms with van der Waals surface area (Å²) in [5, 5.41) is 22.8. The van der Waals surface area contributed by atoms with E-state index in [0.29, 0.717) is 6.42 Å². The van der Waals surface area contributed by atoms with Gasteiger partial charge in [0.05, 0.1) is 18.8 Å². The lowest BCUT2D eigenvalue weighted by molar-refractivity contribution is -0.123. The smallest absolute Gasteiger partial charge is 0.220 e. The number of hydrogen-bond donors (Lipinski definition) is 3. The summed E-state index contributed by atoms with van der Waals surface area (Å²) in [4.78, 5) is 12.3. The lowest BCUT2D eigenvalue weighted by Crippen LogP contribution is -2.45. The fourth-order valence-electron chi connectivity index (χ4n) is 5.47. The first-order valence-electron chi connectivity index (χ1n) is 17.9. The first kappa shape index (κ1) is 39.1. The standard InChI is InChI=1S/C36H71NO3/c1-3-5-7-9-11-13-15-17-18-20-22-24-26-28-30-32-36(40)37-34(33-38)35(39)31-29-27-25-23-21-19-16-14-12-10-8-6-4-2/h29,31,34-35,38-39H,3-28,30,32-33H2,1-2H3,(H,37,40)/b31-29+/t34?,35-/m1/s1. The summed E-state index contributed by atoms with van der Waals surface area (Å²) >= 11 is 0. The molecule has 40 heavy (non-hydrogen) atoms. The van der Waals surface area contributed by atoms with Gasteiger partial charge in [0.1, 0.15) is 0 Å². The van der Waals surface area contributed by atoms with Crippen molar-refractivity contribution in [1.82, 2.24) is 5.32 Å². The highest BCUT2D eigenvalue weighted by molar-refractivity contribution is 5.76. The Morgan fingerprint density at radius 1 is 0.575 bits per heavy atom. The Hall–Kier alpha value is -0.870. The SMILES string of the molecule is CCCCCCCCCCCCC/C=C/[C@@H](O)C(CO)NC(=O)CCCCCCCCCCCCCCCCC. The molecule has 238 valence electrons. The minimum absolute atomic E-state index is 0.0634. The Balaban J connectivity index is 3.60. The number of carbonyl (C=O) groups excluding carboxylic acids is 1. The summed E-state index contributed by atoms with van der Waals surface area (Å²) in [7, 11) is 0. The van der Waals surface area contributed by atoms with Gasteiger partial charge in [-0.2, -0.15) is 0 Å². The Labute approximate surface area is 250 Å². The van der Waals surface area contributed by atoms with Crippen LogP contribution in [0.4, 0.5) is 0 Å². The fraction of sp³-hybridized carbons (Fsp3) is 0.917. The molecule has 0 rings (SSSR count). The molecular formula is C36H71NO3. The highest BCUT2D eigenvalue weighted by Gasteiger charge is 2.17. The van der Waals surface area contributed by atoms with Crippen molar-refractivity contribution in [3.05, 3.63) is 12.2 Å². The van der Waals surface area contributed by atoms with Crippen molar-refractivity contribution >= 4 is 5.91 Å². The zero-order valence-corrected chi connectivity index (χ0v) is 27.1. The van der Waals surface area contributed by atoms with E-state index in [1.54, 1.807) is 6.08 Å². The van der Waals surface area contributed by atoms with Crippen molar-refractivity contribution in [3.8, 4) is 0 Å². The highest BCUT2D eigenvalue weighted by Crippen LogP contribution is 2.14. The lowest BCUT2D eigenvalue weighted by Gasteiger charge is -2.20. The minimum Gasteiger partial charge on any atom is -0.394 e. The second-order valence-corrected chi connectivity index (χ2v) is 12.3. The van der Waals surface area contributed by atoms with Crippen LogP contribution in [0, 0.1) is 0 Å². The van der Waals surface area contributed by atoms with E-state index < -0.39 is 12.1 Å². The Morgan fingerprint density at radius 2 is 0.925 bits per heavy atom. The second kappa shape index (κ2) is 32.6. The van der Waals surface area contributed by atoms with Gasteiger partial charge in [-0.1, -0.05) is 180 Å². The third-order valence-electron chi connectivity index (χ3n) is 8.27. The van der Waals surface area contributed by atoms with E-state index in [4.69, 9.17) is 0 Å². The number of unbranched alkanes of at least 4 members (excludes halogenated alkanes) is 25. The van der Waals surface area contributed by atoms with Crippen molar-refractivity contribution < 1.29 is 15.0 Å². The first-order chi connectivity index (χ1) is 19.7. The summed E-state index contributed by atoms with van der Waals surface area (Å²) in [6.07, 6.45) is 38.6. The highest BCUT2D eigenvalue weighted by atomic mass is 16.3. The van der Waals surface area contributed by atoms with E-state index in [2.05, 4.69) is 19.2 Å². The second-order valence-electron chi connectivity index (χ2n) is 12.3. The summed E-state index contributed by atoms with van der Waals surface area (Å²) in [6, 6.07) is -0.614. The predicted molar refractivity (Wildman–Crippen MR) is 175 cm³/mol. The van der Waals surface area contributed by atoms with Crippen LogP contribution in [0.5, 0.6) is 0 Å². The molecule has 1 amide bonds. The van der Waals surface area contributed by atoms with Crippen LogP contribution in [0.3, 0.4) is 0 Å². The topological polar surface area (TPSA) is 69.6 Å². The monoisotopic (exact) mass is 566 g/mol. The molecule has 0 radical (unpaired) electrons. The molecule has 3 N–H and O–H groups in total. The van der Waals surface area contributed by atoms with Crippen LogP contribution in [-0.2, 0) is 4.79 Å². The normalized spacial score (nSPS) is 13.2. The average molecular weight is 566 g/mol. The van der Waals surface area contributed by atoms with E-state index in [1.165, 1.54) is 148 Å². The van der Waals surface area contributed by atoms with Crippen LogP contribution in [0.25, 0.3) is 0 Å². The molecule has 0 aliphatic heterocycles. The van der Waals surface area contributed by atoms with Crippen molar-refractivity contribution in [1.29, 1.82) is 0 Å². The van der Waals surface area contributed by atoms with Gasteiger partial charge in [0, 0.05) is 6.42 Å². The number of hydrogen-bond acceptors (Lipinski definition) is 3.